The topological polar surface area (TPSA) is 58.4 Å². The predicted molar refractivity (Wildman–Crippen MR) is 77.9 cm³/mol. The molecule has 0 aromatic rings. The van der Waals surface area contributed by atoms with Crippen molar-refractivity contribution in [1.29, 1.82) is 0 Å². The van der Waals surface area contributed by atoms with E-state index >= 15 is 0 Å². The standard InChI is InChI=1S/C15H29N3O/c1-11(2)17-15(14(16)19)8-4-7-13(10-15)18-9-5-6-12(18)3/h11-13,17H,4-10H2,1-3H3,(H2,16,19). The Morgan fingerprint density at radius 2 is 2.11 bits per heavy atom. The molecule has 110 valence electrons. The molecule has 3 N–H and O–H groups in total. The molecular weight excluding hydrogens is 238 g/mol. The highest BCUT2D eigenvalue weighted by Gasteiger charge is 2.44. The predicted octanol–water partition coefficient (Wildman–Crippen LogP) is 1.64. The average Bonchev–Trinajstić information content (AvgIpc) is 2.74. The number of hydrogen-bond donors (Lipinski definition) is 2. The van der Waals surface area contributed by atoms with Gasteiger partial charge in [0.2, 0.25) is 5.91 Å². The van der Waals surface area contributed by atoms with Crippen molar-refractivity contribution in [2.75, 3.05) is 6.54 Å². The van der Waals surface area contributed by atoms with Gasteiger partial charge in [-0.2, -0.15) is 0 Å². The van der Waals surface area contributed by atoms with Crippen LogP contribution in [0.15, 0.2) is 0 Å². The Morgan fingerprint density at radius 3 is 2.63 bits per heavy atom. The SMILES string of the molecule is CC(C)NC1(C(N)=O)CCCC(N2CCCC2C)C1. The lowest BCUT2D eigenvalue weighted by Gasteiger charge is -2.44. The highest BCUT2D eigenvalue weighted by atomic mass is 16.1. The van der Waals surface area contributed by atoms with Crippen molar-refractivity contribution in [2.24, 2.45) is 5.73 Å². The van der Waals surface area contributed by atoms with Crippen molar-refractivity contribution >= 4 is 5.91 Å². The van der Waals surface area contributed by atoms with E-state index in [1.165, 1.54) is 25.8 Å². The number of amides is 1. The molecule has 1 amide bonds. The second-order valence-corrected chi connectivity index (χ2v) is 6.72. The zero-order valence-corrected chi connectivity index (χ0v) is 12.6. The minimum atomic E-state index is -0.487. The number of primary amides is 1. The van der Waals surface area contributed by atoms with Crippen molar-refractivity contribution in [2.45, 2.75) is 83.0 Å². The molecule has 4 nitrogen and oxygen atoms in total. The first-order valence-corrected chi connectivity index (χ1v) is 7.78. The van der Waals surface area contributed by atoms with Crippen LogP contribution in [0.5, 0.6) is 0 Å². The number of carbonyl (C=O) groups is 1. The van der Waals surface area contributed by atoms with Gasteiger partial charge in [-0.25, -0.2) is 0 Å². The van der Waals surface area contributed by atoms with Crippen molar-refractivity contribution < 1.29 is 4.79 Å². The molecule has 3 atom stereocenters. The Hall–Kier alpha value is -0.610. The molecule has 1 saturated carbocycles. The fourth-order valence-electron chi connectivity index (χ4n) is 4.01. The first-order valence-electron chi connectivity index (χ1n) is 7.78. The highest BCUT2D eigenvalue weighted by Crippen LogP contribution is 2.34. The maximum Gasteiger partial charge on any atom is 0.237 e. The first kappa shape index (κ1) is 14.8. The van der Waals surface area contributed by atoms with Gasteiger partial charge in [0, 0.05) is 18.1 Å². The van der Waals surface area contributed by atoms with Crippen LogP contribution in [0.3, 0.4) is 0 Å². The molecule has 0 radical (unpaired) electrons. The summed E-state index contributed by atoms with van der Waals surface area (Å²) >= 11 is 0. The monoisotopic (exact) mass is 267 g/mol. The van der Waals surface area contributed by atoms with Crippen LogP contribution in [-0.4, -0.2) is 41.0 Å². The molecule has 19 heavy (non-hydrogen) atoms. The van der Waals surface area contributed by atoms with Gasteiger partial charge in [-0.05, 0) is 65.8 Å². The largest absolute Gasteiger partial charge is 0.368 e. The molecule has 2 rings (SSSR count). The zero-order chi connectivity index (χ0) is 14.0. The Morgan fingerprint density at radius 1 is 1.37 bits per heavy atom. The third-order valence-corrected chi connectivity index (χ3v) is 4.84. The van der Waals surface area contributed by atoms with E-state index in [2.05, 4.69) is 31.0 Å². The lowest BCUT2D eigenvalue weighted by molar-refractivity contribution is -0.127. The molecule has 1 aliphatic carbocycles. The van der Waals surface area contributed by atoms with Crippen LogP contribution < -0.4 is 11.1 Å². The van der Waals surface area contributed by atoms with Gasteiger partial charge >= 0.3 is 0 Å². The number of rotatable bonds is 4. The van der Waals surface area contributed by atoms with Crippen molar-refractivity contribution in [3.8, 4) is 0 Å². The second-order valence-electron chi connectivity index (χ2n) is 6.72. The first-order chi connectivity index (χ1) is 8.94. The molecule has 1 saturated heterocycles. The smallest absolute Gasteiger partial charge is 0.237 e. The summed E-state index contributed by atoms with van der Waals surface area (Å²) in [5.74, 6) is -0.169. The van der Waals surface area contributed by atoms with Crippen LogP contribution in [-0.2, 0) is 4.79 Å². The maximum atomic E-state index is 12.0. The Kier molecular flexibility index (Phi) is 4.51. The Labute approximate surface area is 117 Å². The van der Waals surface area contributed by atoms with E-state index in [4.69, 9.17) is 5.73 Å². The van der Waals surface area contributed by atoms with E-state index in [-0.39, 0.29) is 5.91 Å². The van der Waals surface area contributed by atoms with Crippen LogP contribution in [0.1, 0.15) is 59.3 Å². The number of hydrogen-bond acceptors (Lipinski definition) is 3. The molecule has 0 aromatic carbocycles. The fourth-order valence-corrected chi connectivity index (χ4v) is 4.01. The summed E-state index contributed by atoms with van der Waals surface area (Å²) in [5.41, 5.74) is 5.24. The Bertz CT molecular complexity index is 331. The number of nitrogens with one attached hydrogen (secondary N) is 1. The number of likely N-dealkylation sites (tertiary alicyclic amines) is 1. The second kappa shape index (κ2) is 5.80. The van der Waals surface area contributed by atoms with Crippen LogP contribution in [0.4, 0.5) is 0 Å². The molecule has 1 aliphatic heterocycles. The van der Waals surface area contributed by atoms with Gasteiger partial charge < -0.3 is 11.1 Å². The van der Waals surface area contributed by atoms with Crippen molar-refractivity contribution in [3.63, 3.8) is 0 Å². The Balaban J connectivity index is 2.11. The molecule has 0 bridgehead atoms. The van der Waals surface area contributed by atoms with Gasteiger partial charge in [0.25, 0.3) is 0 Å². The fraction of sp³-hybridized carbons (Fsp3) is 0.933. The minimum absolute atomic E-state index is 0.169. The summed E-state index contributed by atoms with van der Waals surface area (Å²) in [6.07, 6.45) is 6.65. The maximum absolute atomic E-state index is 12.0. The summed E-state index contributed by atoms with van der Waals surface area (Å²) in [4.78, 5) is 14.6. The molecule has 0 spiro atoms. The zero-order valence-electron chi connectivity index (χ0n) is 12.6. The summed E-state index contributed by atoms with van der Waals surface area (Å²) < 4.78 is 0. The lowest BCUT2D eigenvalue weighted by atomic mass is 9.77. The third-order valence-electron chi connectivity index (χ3n) is 4.84. The summed E-state index contributed by atoms with van der Waals surface area (Å²) in [6.45, 7) is 7.67. The van der Waals surface area contributed by atoms with Gasteiger partial charge in [0.1, 0.15) is 0 Å². The lowest BCUT2D eigenvalue weighted by Crippen LogP contribution is -2.62. The molecule has 2 fully saturated rings. The van der Waals surface area contributed by atoms with E-state index in [0.29, 0.717) is 18.1 Å². The van der Waals surface area contributed by atoms with Gasteiger partial charge in [-0.1, -0.05) is 0 Å². The third kappa shape index (κ3) is 3.11. The van der Waals surface area contributed by atoms with E-state index in [1.807, 2.05) is 0 Å². The quantitative estimate of drug-likeness (QED) is 0.814. The minimum Gasteiger partial charge on any atom is -0.368 e. The molecule has 1 heterocycles. The summed E-state index contributed by atoms with van der Waals surface area (Å²) in [7, 11) is 0. The van der Waals surface area contributed by atoms with Crippen LogP contribution in [0, 0.1) is 0 Å². The molecule has 3 unspecified atom stereocenters. The van der Waals surface area contributed by atoms with Crippen LogP contribution in [0.25, 0.3) is 0 Å². The molecule has 0 aromatic heterocycles. The molecular formula is C15H29N3O. The number of nitrogens with two attached hydrogens (primary N) is 1. The van der Waals surface area contributed by atoms with Gasteiger partial charge in [0.05, 0.1) is 5.54 Å². The van der Waals surface area contributed by atoms with E-state index < -0.39 is 5.54 Å². The molecule has 4 heteroatoms. The summed E-state index contributed by atoms with van der Waals surface area (Å²) in [6, 6.07) is 1.47. The summed E-state index contributed by atoms with van der Waals surface area (Å²) in [5, 5.41) is 3.46. The van der Waals surface area contributed by atoms with Crippen molar-refractivity contribution in [1.82, 2.24) is 10.2 Å². The van der Waals surface area contributed by atoms with Crippen LogP contribution in [0.2, 0.25) is 0 Å². The van der Waals surface area contributed by atoms with E-state index in [0.717, 1.165) is 19.3 Å². The van der Waals surface area contributed by atoms with Gasteiger partial charge in [0.15, 0.2) is 0 Å². The van der Waals surface area contributed by atoms with Gasteiger partial charge in [-0.15, -0.1) is 0 Å². The van der Waals surface area contributed by atoms with Crippen LogP contribution >= 0.6 is 0 Å². The average molecular weight is 267 g/mol. The normalized spacial score (nSPS) is 36.8. The number of nitrogens with zero attached hydrogens (tertiary/aromatic N) is 1. The number of carbonyl (C=O) groups excluding carboxylic acids is 1. The molecule has 2 aliphatic rings. The van der Waals surface area contributed by atoms with Crippen molar-refractivity contribution in [3.05, 3.63) is 0 Å². The van der Waals surface area contributed by atoms with E-state index in [9.17, 15) is 4.79 Å². The van der Waals surface area contributed by atoms with E-state index in [1.54, 1.807) is 0 Å². The van der Waals surface area contributed by atoms with Gasteiger partial charge in [-0.3, -0.25) is 9.69 Å². The highest BCUT2D eigenvalue weighted by molar-refractivity contribution is 5.85.